The molecule has 0 aliphatic carbocycles. The molecule has 0 saturated heterocycles. The minimum absolute atomic E-state index is 0.0379. The van der Waals surface area contributed by atoms with Crippen LogP contribution in [-0.4, -0.2) is 9.91 Å². The van der Waals surface area contributed by atoms with Gasteiger partial charge < -0.3 is 0 Å². The molecule has 19 heavy (non-hydrogen) atoms. The molecule has 2 aromatic carbocycles. The Morgan fingerprint density at radius 1 is 1.16 bits per heavy atom. The van der Waals surface area contributed by atoms with Crippen molar-refractivity contribution in [3.8, 4) is 10.6 Å². The SMILES string of the molecule is O=[N+]([O-])c1ccc(-c2nc3cc(F)ccc3s2)cc1. The molecule has 0 spiro atoms. The zero-order chi connectivity index (χ0) is 13.4. The quantitative estimate of drug-likeness (QED) is 0.524. The van der Waals surface area contributed by atoms with Gasteiger partial charge in [-0.1, -0.05) is 0 Å². The summed E-state index contributed by atoms with van der Waals surface area (Å²) in [6.07, 6.45) is 0. The van der Waals surface area contributed by atoms with Gasteiger partial charge in [-0.15, -0.1) is 11.3 Å². The third-order valence-corrected chi connectivity index (χ3v) is 3.76. The van der Waals surface area contributed by atoms with Crippen molar-refractivity contribution < 1.29 is 9.31 Å². The second-order valence-electron chi connectivity index (χ2n) is 3.94. The van der Waals surface area contributed by atoms with Crippen molar-refractivity contribution in [2.75, 3.05) is 0 Å². The van der Waals surface area contributed by atoms with Gasteiger partial charge in [0.15, 0.2) is 0 Å². The first-order valence-corrected chi connectivity index (χ1v) is 6.26. The summed E-state index contributed by atoms with van der Waals surface area (Å²) in [6, 6.07) is 10.6. The van der Waals surface area contributed by atoms with Crippen LogP contribution in [-0.2, 0) is 0 Å². The summed E-state index contributed by atoms with van der Waals surface area (Å²) in [5.41, 5.74) is 1.42. The summed E-state index contributed by atoms with van der Waals surface area (Å²) in [7, 11) is 0. The fourth-order valence-electron chi connectivity index (χ4n) is 1.75. The maximum Gasteiger partial charge on any atom is 0.269 e. The lowest BCUT2D eigenvalue weighted by molar-refractivity contribution is -0.384. The van der Waals surface area contributed by atoms with Gasteiger partial charge in [-0.3, -0.25) is 10.1 Å². The smallest absolute Gasteiger partial charge is 0.258 e. The molecule has 6 heteroatoms. The molecule has 0 unspecified atom stereocenters. The van der Waals surface area contributed by atoms with Gasteiger partial charge in [0.1, 0.15) is 10.8 Å². The molecule has 0 saturated carbocycles. The molecule has 1 heterocycles. The van der Waals surface area contributed by atoms with Gasteiger partial charge in [0.2, 0.25) is 0 Å². The first kappa shape index (κ1) is 11.7. The minimum Gasteiger partial charge on any atom is -0.258 e. The second kappa shape index (κ2) is 4.40. The molecule has 94 valence electrons. The third kappa shape index (κ3) is 2.17. The normalized spacial score (nSPS) is 10.8. The highest BCUT2D eigenvalue weighted by Crippen LogP contribution is 2.31. The lowest BCUT2D eigenvalue weighted by atomic mass is 10.2. The van der Waals surface area contributed by atoms with E-state index in [1.807, 2.05) is 0 Å². The van der Waals surface area contributed by atoms with Crippen molar-refractivity contribution in [2.24, 2.45) is 0 Å². The highest BCUT2D eigenvalue weighted by molar-refractivity contribution is 7.21. The van der Waals surface area contributed by atoms with E-state index in [2.05, 4.69) is 4.98 Å². The number of hydrogen-bond acceptors (Lipinski definition) is 4. The zero-order valence-corrected chi connectivity index (χ0v) is 10.4. The van der Waals surface area contributed by atoms with Gasteiger partial charge in [0, 0.05) is 23.8 Å². The Morgan fingerprint density at radius 2 is 1.89 bits per heavy atom. The predicted octanol–water partition coefficient (Wildman–Crippen LogP) is 4.01. The number of nitro benzene ring substituents is 1. The Labute approximate surface area is 111 Å². The van der Waals surface area contributed by atoms with Crippen LogP contribution in [0.15, 0.2) is 42.5 Å². The zero-order valence-electron chi connectivity index (χ0n) is 9.54. The summed E-state index contributed by atoms with van der Waals surface area (Å²) in [5, 5.41) is 11.3. The van der Waals surface area contributed by atoms with Crippen LogP contribution in [0.1, 0.15) is 0 Å². The number of hydrogen-bond donors (Lipinski definition) is 0. The van der Waals surface area contributed by atoms with E-state index < -0.39 is 4.92 Å². The molecule has 0 aliphatic rings. The van der Waals surface area contributed by atoms with Crippen molar-refractivity contribution in [3.05, 3.63) is 58.4 Å². The lowest BCUT2D eigenvalue weighted by Crippen LogP contribution is -1.86. The summed E-state index contributed by atoms with van der Waals surface area (Å²) in [6.45, 7) is 0. The molecule has 0 amide bonds. The van der Waals surface area contributed by atoms with E-state index in [0.717, 1.165) is 15.3 Å². The maximum atomic E-state index is 13.1. The fraction of sp³-hybridized carbons (Fsp3) is 0. The highest BCUT2D eigenvalue weighted by Gasteiger charge is 2.09. The summed E-state index contributed by atoms with van der Waals surface area (Å²) in [5.74, 6) is -0.326. The molecule has 3 rings (SSSR count). The van der Waals surface area contributed by atoms with E-state index in [1.54, 1.807) is 18.2 Å². The third-order valence-electron chi connectivity index (χ3n) is 2.67. The van der Waals surface area contributed by atoms with Gasteiger partial charge in [-0.05, 0) is 24.3 Å². The van der Waals surface area contributed by atoms with Gasteiger partial charge in [0.25, 0.3) is 5.69 Å². The van der Waals surface area contributed by atoms with Crippen molar-refractivity contribution in [2.45, 2.75) is 0 Å². The maximum absolute atomic E-state index is 13.1. The predicted molar refractivity (Wildman–Crippen MR) is 71.7 cm³/mol. The van der Waals surface area contributed by atoms with Crippen LogP contribution in [0.2, 0.25) is 0 Å². The van der Waals surface area contributed by atoms with Crippen LogP contribution in [0.4, 0.5) is 10.1 Å². The number of nitro groups is 1. The first-order chi connectivity index (χ1) is 9.13. The second-order valence-corrected chi connectivity index (χ2v) is 4.97. The van der Waals surface area contributed by atoms with Crippen molar-refractivity contribution >= 4 is 27.2 Å². The summed E-state index contributed by atoms with van der Waals surface area (Å²) < 4.78 is 14.0. The van der Waals surface area contributed by atoms with E-state index >= 15 is 0 Å². The number of fused-ring (bicyclic) bond motifs is 1. The first-order valence-electron chi connectivity index (χ1n) is 5.44. The van der Waals surface area contributed by atoms with Gasteiger partial charge in [-0.2, -0.15) is 0 Å². The summed E-state index contributed by atoms with van der Waals surface area (Å²) in [4.78, 5) is 14.5. The molecule has 0 atom stereocenters. The molecule has 0 radical (unpaired) electrons. The average Bonchev–Trinajstić information content (AvgIpc) is 2.81. The van der Waals surface area contributed by atoms with Crippen molar-refractivity contribution in [3.63, 3.8) is 0 Å². The Balaban J connectivity index is 2.06. The van der Waals surface area contributed by atoms with Crippen LogP contribution in [0.3, 0.4) is 0 Å². The molecular formula is C13H7FN2O2S. The number of nitrogens with zero attached hydrogens (tertiary/aromatic N) is 2. The van der Waals surface area contributed by atoms with Crippen molar-refractivity contribution in [1.82, 2.24) is 4.98 Å². The number of rotatable bonds is 2. The molecule has 3 aromatic rings. The van der Waals surface area contributed by atoms with E-state index in [9.17, 15) is 14.5 Å². The van der Waals surface area contributed by atoms with E-state index in [-0.39, 0.29) is 11.5 Å². The van der Waals surface area contributed by atoms with Gasteiger partial charge in [-0.25, -0.2) is 9.37 Å². The lowest BCUT2D eigenvalue weighted by Gasteiger charge is -1.95. The summed E-state index contributed by atoms with van der Waals surface area (Å²) >= 11 is 1.43. The van der Waals surface area contributed by atoms with Crippen LogP contribution in [0, 0.1) is 15.9 Å². The molecule has 0 aliphatic heterocycles. The van der Waals surface area contributed by atoms with Gasteiger partial charge in [0.05, 0.1) is 15.1 Å². The number of halogens is 1. The molecule has 4 nitrogen and oxygen atoms in total. The number of non-ortho nitro benzene ring substituents is 1. The van der Waals surface area contributed by atoms with Crippen LogP contribution < -0.4 is 0 Å². The van der Waals surface area contributed by atoms with Crippen LogP contribution >= 0.6 is 11.3 Å². The van der Waals surface area contributed by atoms with Crippen LogP contribution in [0.5, 0.6) is 0 Å². The van der Waals surface area contributed by atoms with Crippen LogP contribution in [0.25, 0.3) is 20.8 Å². The Morgan fingerprint density at radius 3 is 2.58 bits per heavy atom. The highest BCUT2D eigenvalue weighted by atomic mass is 32.1. The van der Waals surface area contributed by atoms with E-state index in [4.69, 9.17) is 0 Å². The average molecular weight is 274 g/mol. The standard InChI is InChI=1S/C13H7FN2O2S/c14-9-3-6-12-11(7-9)15-13(19-12)8-1-4-10(5-2-8)16(17)18/h1-7H. The van der Waals surface area contributed by atoms with Gasteiger partial charge >= 0.3 is 0 Å². The molecule has 0 N–H and O–H groups in total. The largest absolute Gasteiger partial charge is 0.269 e. The number of aromatic nitrogens is 1. The fourth-order valence-corrected chi connectivity index (χ4v) is 2.70. The Bertz CT molecular complexity index is 768. The monoisotopic (exact) mass is 274 g/mol. The van der Waals surface area contributed by atoms with E-state index in [0.29, 0.717) is 5.52 Å². The topological polar surface area (TPSA) is 56.0 Å². The molecule has 1 aromatic heterocycles. The Hall–Kier alpha value is -2.34. The Kier molecular flexibility index (Phi) is 2.72. The minimum atomic E-state index is -0.447. The number of thiazole rings is 1. The molecular weight excluding hydrogens is 267 g/mol. The molecule has 0 fully saturated rings. The number of benzene rings is 2. The van der Waals surface area contributed by atoms with Crippen molar-refractivity contribution in [1.29, 1.82) is 0 Å². The van der Waals surface area contributed by atoms with E-state index in [1.165, 1.54) is 35.6 Å². The molecule has 0 bridgehead atoms.